The van der Waals surface area contributed by atoms with Gasteiger partial charge in [0.05, 0.1) is 33.4 Å². The van der Waals surface area contributed by atoms with E-state index < -0.39 is 0 Å². The molecule has 13 aromatic rings. The monoisotopic (exact) mass is 989 g/mol. The number of para-hydroxylation sites is 3. The van der Waals surface area contributed by atoms with Crippen molar-refractivity contribution < 1.29 is 0 Å². The van der Waals surface area contributed by atoms with E-state index in [1.54, 1.807) is 0 Å². The highest BCUT2D eigenvalue weighted by molar-refractivity contribution is 6.26. The van der Waals surface area contributed by atoms with Gasteiger partial charge in [-0.2, -0.15) is 0 Å². The van der Waals surface area contributed by atoms with Crippen molar-refractivity contribution in [2.75, 3.05) is 0 Å². The number of hydrogen-bond acceptors (Lipinski definition) is 3. The van der Waals surface area contributed by atoms with Gasteiger partial charge in [-0.05, 0) is 149 Å². The third-order valence-corrected chi connectivity index (χ3v) is 16.9. The molecule has 0 aliphatic heterocycles. The van der Waals surface area contributed by atoms with E-state index in [9.17, 15) is 0 Å². The number of fused-ring (bicyclic) bond motifs is 9. The summed E-state index contributed by atoms with van der Waals surface area (Å²) in [5, 5.41) is 4.83. The maximum atomic E-state index is 5.27. The number of aromatic nitrogens is 5. The molecule has 2 aliphatic carbocycles. The normalized spacial score (nSPS) is 12.8. The Morgan fingerprint density at radius 2 is 0.935 bits per heavy atom. The number of hydrogen-bond donors (Lipinski definition) is 0. The first-order valence-corrected chi connectivity index (χ1v) is 27.5. The molecule has 0 bridgehead atoms. The molecule has 0 saturated carbocycles. The Labute approximate surface area is 448 Å². The Bertz CT molecular complexity index is 4480. The summed E-state index contributed by atoms with van der Waals surface area (Å²) in [6.45, 7) is 6.99. The lowest BCUT2D eigenvalue weighted by Crippen LogP contribution is -2.09. The highest BCUT2D eigenvalue weighted by atomic mass is 15.1. The van der Waals surface area contributed by atoms with Crippen molar-refractivity contribution in [2.45, 2.75) is 59.3 Å². The lowest BCUT2D eigenvalue weighted by molar-refractivity contribution is 0.840. The number of rotatable bonds is 10. The van der Waals surface area contributed by atoms with Gasteiger partial charge in [0.1, 0.15) is 0 Å². The zero-order valence-electron chi connectivity index (χ0n) is 43.6. The average Bonchev–Trinajstić information content (AvgIpc) is 4.00. The van der Waals surface area contributed by atoms with Crippen LogP contribution in [-0.4, -0.2) is 24.1 Å². The minimum absolute atomic E-state index is 0.618. The molecule has 15 rings (SSSR count). The number of aryl methyl sites for hydroxylation is 6. The Morgan fingerprint density at radius 3 is 1.57 bits per heavy atom. The predicted molar refractivity (Wildman–Crippen MR) is 319 cm³/mol. The van der Waals surface area contributed by atoms with Crippen LogP contribution in [0, 0.1) is 6.92 Å². The van der Waals surface area contributed by atoms with Gasteiger partial charge >= 0.3 is 0 Å². The molecular weight excluding hydrogens is 935 g/mol. The number of benzene rings is 10. The summed E-state index contributed by atoms with van der Waals surface area (Å²) < 4.78 is 5.07. The zero-order valence-corrected chi connectivity index (χ0v) is 43.6. The number of nitrogens with zero attached hydrogens (tertiary/aromatic N) is 5. The van der Waals surface area contributed by atoms with Crippen molar-refractivity contribution in [3.05, 3.63) is 245 Å². The smallest absolute Gasteiger partial charge is 0.166 e. The third-order valence-electron chi connectivity index (χ3n) is 16.9. The molecule has 10 aromatic carbocycles. The molecule has 2 aliphatic rings. The van der Waals surface area contributed by atoms with Crippen molar-refractivity contribution in [1.29, 1.82) is 0 Å². The topological polar surface area (TPSA) is 48.5 Å². The molecular formula is C72H55N5. The van der Waals surface area contributed by atoms with Gasteiger partial charge in [0.25, 0.3) is 0 Å². The molecule has 0 unspecified atom stereocenters. The maximum Gasteiger partial charge on any atom is 0.166 e. The fourth-order valence-electron chi connectivity index (χ4n) is 12.9. The van der Waals surface area contributed by atoms with Crippen LogP contribution < -0.4 is 0 Å². The molecule has 3 heterocycles. The van der Waals surface area contributed by atoms with Gasteiger partial charge in [-0.3, -0.25) is 0 Å². The van der Waals surface area contributed by atoms with Crippen LogP contribution in [0.2, 0.25) is 0 Å². The molecule has 5 heteroatoms. The van der Waals surface area contributed by atoms with Crippen molar-refractivity contribution in [1.82, 2.24) is 24.1 Å². The lowest BCUT2D eigenvalue weighted by Gasteiger charge is -2.25. The van der Waals surface area contributed by atoms with Gasteiger partial charge in [0.15, 0.2) is 17.5 Å². The Balaban J connectivity index is 1.02. The first-order chi connectivity index (χ1) is 38.0. The van der Waals surface area contributed by atoms with E-state index >= 15 is 0 Å². The summed E-state index contributed by atoms with van der Waals surface area (Å²) >= 11 is 0. The van der Waals surface area contributed by atoms with Gasteiger partial charge < -0.3 is 9.13 Å². The van der Waals surface area contributed by atoms with Crippen LogP contribution in [0.4, 0.5) is 0 Å². The Morgan fingerprint density at radius 1 is 0.364 bits per heavy atom. The molecule has 368 valence electrons. The van der Waals surface area contributed by atoms with Crippen LogP contribution in [0.15, 0.2) is 206 Å². The van der Waals surface area contributed by atoms with Crippen molar-refractivity contribution >= 4 is 43.6 Å². The van der Waals surface area contributed by atoms with E-state index in [2.05, 4.69) is 200 Å². The Hall–Kier alpha value is -9.19. The van der Waals surface area contributed by atoms with Crippen LogP contribution in [0.5, 0.6) is 0 Å². The third kappa shape index (κ3) is 7.17. The van der Waals surface area contributed by atoms with Crippen molar-refractivity contribution in [3.8, 4) is 78.9 Å². The van der Waals surface area contributed by atoms with Crippen LogP contribution in [0.3, 0.4) is 0 Å². The van der Waals surface area contributed by atoms with Gasteiger partial charge in [0, 0.05) is 43.8 Å². The van der Waals surface area contributed by atoms with Crippen molar-refractivity contribution in [3.63, 3.8) is 0 Å². The summed E-state index contributed by atoms with van der Waals surface area (Å²) in [7, 11) is 0. The summed E-state index contributed by atoms with van der Waals surface area (Å²) in [5.74, 6) is 1.89. The second-order valence-corrected chi connectivity index (χ2v) is 21.1. The van der Waals surface area contributed by atoms with E-state index in [4.69, 9.17) is 15.0 Å². The molecule has 0 radical (unpaired) electrons. The summed E-state index contributed by atoms with van der Waals surface area (Å²) in [4.78, 5) is 15.6. The SMILES string of the molecule is CCc1cc(-c2ccc(CC)c(-c3ccc4c(c3)CC4)c2C)cc(-n2c3ccccc3c3ccc4c(c5ccccc5n4-c4ccccc4-c4nc(-c5ccccc5)nc(-c5ccccc5)n4)c32)c1-c1ccc2c(c1)CC2. The fourth-order valence-corrected chi connectivity index (χ4v) is 12.9. The molecule has 0 atom stereocenters. The van der Waals surface area contributed by atoms with Crippen molar-refractivity contribution in [2.24, 2.45) is 0 Å². The largest absolute Gasteiger partial charge is 0.308 e. The Kier molecular flexibility index (Phi) is 10.6. The van der Waals surface area contributed by atoms with E-state index in [1.165, 1.54) is 123 Å². The lowest BCUT2D eigenvalue weighted by atomic mass is 9.82. The second-order valence-electron chi connectivity index (χ2n) is 21.1. The molecule has 0 amide bonds. The molecule has 3 aromatic heterocycles. The molecule has 0 spiro atoms. The molecule has 0 fully saturated rings. The zero-order chi connectivity index (χ0) is 51.3. The van der Waals surface area contributed by atoms with Crippen LogP contribution in [-0.2, 0) is 38.5 Å². The summed E-state index contributed by atoms with van der Waals surface area (Å²) in [5.41, 5.74) is 27.4. The van der Waals surface area contributed by atoms with Crippen LogP contribution >= 0.6 is 0 Å². The molecule has 0 saturated heterocycles. The quantitative estimate of drug-likeness (QED) is 0.137. The summed E-state index contributed by atoms with van der Waals surface area (Å²) in [6, 6.07) is 76.1. The fraction of sp³-hybridized carbons (Fsp3) is 0.125. The van der Waals surface area contributed by atoms with E-state index in [0.29, 0.717) is 17.5 Å². The van der Waals surface area contributed by atoms with E-state index in [-0.39, 0.29) is 0 Å². The summed E-state index contributed by atoms with van der Waals surface area (Å²) in [6.07, 6.45) is 6.48. The second kappa shape index (κ2) is 18.0. The van der Waals surface area contributed by atoms with Gasteiger partial charge in [-0.25, -0.2) is 15.0 Å². The van der Waals surface area contributed by atoms with Crippen LogP contribution in [0.25, 0.3) is 123 Å². The minimum atomic E-state index is 0.618. The highest BCUT2D eigenvalue weighted by Gasteiger charge is 2.27. The standard InChI is InChI=1S/C72H55N5/c1-4-45-36-37-56(44(3)66(45)53-34-30-47-28-32-51(47)41-53)55-40-46(5-2)67(54-35-31-48-29-33-52(48)42-54)65(43-55)77-61-25-15-12-22-57(61)58-38-39-64-68(69(58)77)59-23-13-16-26-62(59)76(64)63-27-17-14-24-60(63)72-74-70(49-18-8-6-9-19-49)73-71(75-72)50-20-10-7-11-21-50/h6-27,30-31,34-43H,4-5,28-29,32-33H2,1-3H3. The van der Waals surface area contributed by atoms with Gasteiger partial charge in [0.2, 0.25) is 0 Å². The molecule has 0 N–H and O–H groups in total. The molecule has 77 heavy (non-hydrogen) atoms. The predicted octanol–water partition coefficient (Wildman–Crippen LogP) is 17.7. The maximum absolute atomic E-state index is 5.27. The average molecular weight is 990 g/mol. The van der Waals surface area contributed by atoms with E-state index in [1.807, 2.05) is 36.4 Å². The molecule has 5 nitrogen and oxygen atoms in total. The van der Waals surface area contributed by atoms with E-state index in [0.717, 1.165) is 59.1 Å². The minimum Gasteiger partial charge on any atom is -0.308 e. The first-order valence-electron chi connectivity index (χ1n) is 27.5. The first kappa shape index (κ1) is 45.2. The van der Waals surface area contributed by atoms with Gasteiger partial charge in [-0.1, -0.05) is 184 Å². The highest BCUT2D eigenvalue weighted by Crippen LogP contribution is 2.48. The van der Waals surface area contributed by atoms with Crippen LogP contribution in [0.1, 0.15) is 52.8 Å². The van der Waals surface area contributed by atoms with Gasteiger partial charge in [-0.15, -0.1) is 0 Å².